The number of carbonyl (C=O) groups is 2. The predicted octanol–water partition coefficient (Wildman–Crippen LogP) is 4.01. The van der Waals surface area contributed by atoms with Crippen molar-refractivity contribution in [3.63, 3.8) is 0 Å². The first-order chi connectivity index (χ1) is 13.7. The Labute approximate surface area is 163 Å². The molecule has 0 atom stereocenters. The van der Waals surface area contributed by atoms with Crippen LogP contribution in [0.25, 0.3) is 10.9 Å². The van der Waals surface area contributed by atoms with Crippen molar-refractivity contribution in [1.82, 2.24) is 15.5 Å². The number of nitrogens with one attached hydrogen (secondary N) is 3. The van der Waals surface area contributed by atoms with Crippen LogP contribution in [0.5, 0.6) is 0 Å². The molecule has 0 aliphatic heterocycles. The van der Waals surface area contributed by atoms with Gasteiger partial charge in [0.15, 0.2) is 0 Å². The van der Waals surface area contributed by atoms with E-state index < -0.39 is 0 Å². The number of H-pyrrole nitrogens is 1. The molecular weight excluding hydrogens is 352 g/mol. The van der Waals surface area contributed by atoms with Gasteiger partial charge in [-0.2, -0.15) is 5.10 Å². The Hall–Kier alpha value is -3.15. The van der Waals surface area contributed by atoms with E-state index in [1.807, 2.05) is 30.3 Å². The van der Waals surface area contributed by atoms with Crippen molar-refractivity contribution in [2.75, 3.05) is 5.32 Å². The monoisotopic (exact) mass is 376 g/mol. The second-order valence-electron chi connectivity index (χ2n) is 7.38. The Kier molecular flexibility index (Phi) is 5.37. The molecule has 2 aromatic carbocycles. The number of amides is 2. The zero-order chi connectivity index (χ0) is 19.3. The summed E-state index contributed by atoms with van der Waals surface area (Å²) >= 11 is 0. The van der Waals surface area contributed by atoms with E-state index in [9.17, 15) is 9.59 Å². The van der Waals surface area contributed by atoms with Gasteiger partial charge >= 0.3 is 0 Å². The Morgan fingerprint density at radius 3 is 2.61 bits per heavy atom. The first-order valence-corrected chi connectivity index (χ1v) is 9.80. The molecule has 0 saturated heterocycles. The van der Waals surface area contributed by atoms with Crippen LogP contribution in [0, 0.1) is 5.92 Å². The van der Waals surface area contributed by atoms with Crippen LogP contribution in [0.15, 0.2) is 48.7 Å². The third-order valence-corrected chi connectivity index (χ3v) is 5.36. The maximum absolute atomic E-state index is 12.5. The van der Waals surface area contributed by atoms with E-state index in [-0.39, 0.29) is 17.7 Å². The van der Waals surface area contributed by atoms with E-state index >= 15 is 0 Å². The molecule has 1 heterocycles. The minimum Gasteiger partial charge on any atom is -0.352 e. The lowest BCUT2D eigenvalue weighted by Gasteiger charge is -2.20. The quantitative estimate of drug-likeness (QED) is 0.629. The highest BCUT2D eigenvalue weighted by molar-refractivity contribution is 6.05. The van der Waals surface area contributed by atoms with Crippen molar-refractivity contribution in [3.8, 4) is 0 Å². The fraction of sp³-hybridized carbons (Fsp3) is 0.318. The SMILES string of the molecule is O=C(Nc1ccc2cn[nH]c2c1)c1ccc(CNC(=O)C2CCCCC2)cc1. The second-order valence-corrected chi connectivity index (χ2v) is 7.38. The van der Waals surface area contributed by atoms with Gasteiger partial charge in [-0.3, -0.25) is 14.7 Å². The Morgan fingerprint density at radius 2 is 1.82 bits per heavy atom. The summed E-state index contributed by atoms with van der Waals surface area (Å²) in [5, 5.41) is 13.8. The molecule has 1 aliphatic carbocycles. The lowest BCUT2D eigenvalue weighted by molar-refractivity contribution is -0.126. The minimum absolute atomic E-state index is 0.149. The summed E-state index contributed by atoms with van der Waals surface area (Å²) in [6.45, 7) is 0.494. The van der Waals surface area contributed by atoms with Crippen LogP contribution in [0.2, 0.25) is 0 Å². The van der Waals surface area contributed by atoms with Crippen molar-refractivity contribution in [2.45, 2.75) is 38.6 Å². The number of aromatic nitrogens is 2. The number of rotatable bonds is 5. The average molecular weight is 376 g/mol. The molecule has 0 spiro atoms. The van der Waals surface area contributed by atoms with Gasteiger partial charge in [0.05, 0.1) is 11.7 Å². The van der Waals surface area contributed by atoms with Gasteiger partial charge in [-0.15, -0.1) is 0 Å². The summed E-state index contributed by atoms with van der Waals surface area (Å²) in [6, 6.07) is 13.0. The molecule has 6 nitrogen and oxygen atoms in total. The normalized spacial score (nSPS) is 14.7. The molecule has 1 fully saturated rings. The van der Waals surface area contributed by atoms with Gasteiger partial charge in [-0.1, -0.05) is 31.4 Å². The lowest BCUT2D eigenvalue weighted by atomic mass is 9.88. The highest BCUT2D eigenvalue weighted by Gasteiger charge is 2.20. The van der Waals surface area contributed by atoms with E-state index in [0.717, 1.165) is 42.1 Å². The van der Waals surface area contributed by atoms with E-state index in [0.29, 0.717) is 17.8 Å². The number of benzene rings is 2. The minimum atomic E-state index is -0.170. The van der Waals surface area contributed by atoms with Crippen LogP contribution in [0.3, 0.4) is 0 Å². The highest BCUT2D eigenvalue weighted by Crippen LogP contribution is 2.23. The number of nitrogens with zero attached hydrogens (tertiary/aromatic N) is 1. The summed E-state index contributed by atoms with van der Waals surface area (Å²) in [7, 11) is 0. The second kappa shape index (κ2) is 8.25. The van der Waals surface area contributed by atoms with Crippen molar-refractivity contribution in [1.29, 1.82) is 0 Å². The summed E-state index contributed by atoms with van der Waals surface area (Å²) in [4.78, 5) is 24.7. The topological polar surface area (TPSA) is 86.9 Å². The molecule has 3 aromatic rings. The molecule has 6 heteroatoms. The van der Waals surface area contributed by atoms with Crippen molar-refractivity contribution in [2.24, 2.45) is 5.92 Å². The van der Waals surface area contributed by atoms with Gasteiger partial charge in [0, 0.05) is 29.1 Å². The first kappa shape index (κ1) is 18.2. The fourth-order valence-corrected chi connectivity index (χ4v) is 3.69. The average Bonchev–Trinajstić information content (AvgIpc) is 3.21. The van der Waals surface area contributed by atoms with Crippen LogP contribution in [0.1, 0.15) is 48.0 Å². The lowest BCUT2D eigenvalue weighted by Crippen LogP contribution is -2.31. The molecule has 1 saturated carbocycles. The molecule has 0 bridgehead atoms. The third-order valence-electron chi connectivity index (χ3n) is 5.36. The van der Waals surface area contributed by atoms with Gasteiger partial charge in [0.25, 0.3) is 5.91 Å². The smallest absolute Gasteiger partial charge is 0.255 e. The summed E-state index contributed by atoms with van der Waals surface area (Å²) < 4.78 is 0. The maximum atomic E-state index is 12.5. The molecule has 0 unspecified atom stereocenters. The molecule has 1 aromatic heterocycles. The van der Waals surface area contributed by atoms with E-state index in [2.05, 4.69) is 20.8 Å². The van der Waals surface area contributed by atoms with E-state index in [4.69, 9.17) is 0 Å². The van der Waals surface area contributed by atoms with E-state index in [1.165, 1.54) is 6.42 Å². The molecule has 144 valence electrons. The standard InChI is InChI=1S/C22H24N4O2/c27-21(16-4-2-1-3-5-16)23-13-15-6-8-17(9-7-15)22(28)25-19-11-10-18-14-24-26-20(18)12-19/h6-12,14,16H,1-5,13H2,(H,23,27)(H,24,26)(H,25,28). The number of carbonyl (C=O) groups excluding carboxylic acids is 2. The van der Waals surface area contributed by atoms with Crippen LogP contribution >= 0.6 is 0 Å². The van der Waals surface area contributed by atoms with Gasteiger partial charge < -0.3 is 10.6 Å². The third kappa shape index (κ3) is 4.22. The van der Waals surface area contributed by atoms with Crippen molar-refractivity contribution < 1.29 is 9.59 Å². The molecule has 28 heavy (non-hydrogen) atoms. The number of anilines is 1. The highest BCUT2D eigenvalue weighted by atomic mass is 16.2. The summed E-state index contributed by atoms with van der Waals surface area (Å²) in [6.07, 6.45) is 7.27. The van der Waals surface area contributed by atoms with Crippen LogP contribution in [-0.4, -0.2) is 22.0 Å². The van der Waals surface area contributed by atoms with Gasteiger partial charge in [-0.05, 0) is 48.7 Å². The number of aromatic amines is 1. The summed E-state index contributed by atoms with van der Waals surface area (Å²) in [5.74, 6) is 0.137. The van der Waals surface area contributed by atoms with Crippen molar-refractivity contribution in [3.05, 3.63) is 59.8 Å². The molecular formula is C22H24N4O2. The van der Waals surface area contributed by atoms with Gasteiger partial charge in [0.2, 0.25) is 5.91 Å². The molecule has 2 amide bonds. The zero-order valence-corrected chi connectivity index (χ0v) is 15.7. The Balaban J connectivity index is 1.33. The number of hydrogen-bond donors (Lipinski definition) is 3. The Morgan fingerprint density at radius 1 is 1.04 bits per heavy atom. The van der Waals surface area contributed by atoms with Crippen molar-refractivity contribution >= 4 is 28.4 Å². The number of fused-ring (bicyclic) bond motifs is 1. The maximum Gasteiger partial charge on any atom is 0.255 e. The van der Waals surface area contributed by atoms with Crippen LogP contribution in [0.4, 0.5) is 5.69 Å². The van der Waals surface area contributed by atoms with Gasteiger partial charge in [-0.25, -0.2) is 0 Å². The summed E-state index contributed by atoms with van der Waals surface area (Å²) in [5.41, 5.74) is 3.15. The molecule has 0 radical (unpaired) electrons. The molecule has 1 aliphatic rings. The Bertz CT molecular complexity index is 972. The van der Waals surface area contributed by atoms with E-state index in [1.54, 1.807) is 18.3 Å². The predicted molar refractivity (Wildman–Crippen MR) is 109 cm³/mol. The van der Waals surface area contributed by atoms with Gasteiger partial charge in [0.1, 0.15) is 0 Å². The number of hydrogen-bond acceptors (Lipinski definition) is 3. The first-order valence-electron chi connectivity index (χ1n) is 9.80. The zero-order valence-electron chi connectivity index (χ0n) is 15.7. The molecule has 3 N–H and O–H groups in total. The largest absolute Gasteiger partial charge is 0.352 e. The molecule has 4 rings (SSSR count). The van der Waals surface area contributed by atoms with Crippen LogP contribution in [-0.2, 0) is 11.3 Å². The fourth-order valence-electron chi connectivity index (χ4n) is 3.69. The van der Waals surface area contributed by atoms with Crippen LogP contribution < -0.4 is 10.6 Å².